The molecule has 0 aromatic rings. The van der Waals surface area contributed by atoms with Crippen LogP contribution in [0.25, 0.3) is 0 Å². The molecule has 0 bridgehead atoms. The molecule has 0 amide bonds. The van der Waals surface area contributed by atoms with Gasteiger partial charge in [-0.25, -0.2) is 0 Å². The Hall–Kier alpha value is 0.960. The molecule has 0 aromatic carbocycles. The predicted molar refractivity (Wildman–Crippen MR) is 157 cm³/mol. The van der Waals surface area contributed by atoms with E-state index in [9.17, 15) is 5.11 Å². The molecule has 4 aliphatic rings. The van der Waals surface area contributed by atoms with Crippen molar-refractivity contribution in [3.8, 4) is 0 Å². The molecule has 0 radical (unpaired) electrons. The van der Waals surface area contributed by atoms with Gasteiger partial charge in [-0.15, -0.1) is 0 Å². The van der Waals surface area contributed by atoms with Gasteiger partial charge in [-0.05, 0) is 169 Å². The van der Waals surface area contributed by atoms with Crippen molar-refractivity contribution in [3.05, 3.63) is 0 Å². The van der Waals surface area contributed by atoms with Gasteiger partial charge in [0.05, 0.1) is 0 Å². The summed E-state index contributed by atoms with van der Waals surface area (Å²) >= 11 is 0. The Morgan fingerprint density at radius 3 is 2.00 bits per heavy atom. The summed E-state index contributed by atoms with van der Waals surface area (Å²) in [6.45, 7) is 14.4. The number of rotatable bonds is 15. The van der Waals surface area contributed by atoms with Crippen molar-refractivity contribution in [1.82, 2.24) is 16.0 Å². The Bertz CT molecular complexity index is 694. The maximum absolute atomic E-state index is 9.90. The van der Waals surface area contributed by atoms with Crippen molar-refractivity contribution < 1.29 is 54.7 Å². The third-order valence-electron chi connectivity index (χ3n) is 12.2. The Morgan fingerprint density at radius 1 is 0.732 bits per heavy atom. The number of hydrogen-bond acceptors (Lipinski definition) is 5. The SMILES string of the molecule is C[C@H](CO)C1CCC2C3CC[C@H]4C[C@H](NCCCNCCCCNCCCN)CC[C@]4(C)C3CC[C@@]21C.[Cl-].[Cl-].[Cl-].[Cl-]. The summed E-state index contributed by atoms with van der Waals surface area (Å²) in [5, 5.41) is 21.0. The first-order valence-corrected chi connectivity index (χ1v) is 16.4. The molecule has 6 N–H and O–H groups in total. The zero-order valence-electron chi connectivity index (χ0n) is 26.2. The lowest BCUT2D eigenvalue weighted by Crippen LogP contribution is -3.00. The van der Waals surface area contributed by atoms with Crippen LogP contribution >= 0.6 is 0 Å². The standard InChI is InChI=1S/C32H62N4O.4ClH/c1-24(23-37)28-10-11-29-27-9-8-25-22-26(12-14-31(25,2)30(27)13-15-32(28,29)3)36-21-7-20-35-18-5-4-17-34-19-6-16-33;;;;/h24-30,34-37H,4-23,33H2,1-3H3;4*1H/p-4/t24-,25+,26-,27?,28?,29?,30?,31+,32-;;;;/m1..../s1. The molecule has 0 spiro atoms. The molecule has 9 atom stereocenters. The third kappa shape index (κ3) is 9.97. The van der Waals surface area contributed by atoms with Crippen molar-refractivity contribution in [2.24, 2.45) is 52.1 Å². The fourth-order valence-corrected chi connectivity index (χ4v) is 10.0. The van der Waals surface area contributed by atoms with Gasteiger partial charge in [-0.1, -0.05) is 20.8 Å². The summed E-state index contributed by atoms with van der Waals surface area (Å²) in [4.78, 5) is 0. The van der Waals surface area contributed by atoms with E-state index in [0.717, 1.165) is 74.8 Å². The first kappa shape index (κ1) is 42.0. The van der Waals surface area contributed by atoms with E-state index in [2.05, 4.69) is 36.7 Å². The van der Waals surface area contributed by atoms with E-state index in [4.69, 9.17) is 5.73 Å². The fraction of sp³-hybridized carbons (Fsp3) is 1.00. The second kappa shape index (κ2) is 20.2. The van der Waals surface area contributed by atoms with Gasteiger partial charge in [0.2, 0.25) is 0 Å². The quantitative estimate of drug-likeness (QED) is 0.113. The topological polar surface area (TPSA) is 82.3 Å². The van der Waals surface area contributed by atoms with Gasteiger partial charge in [0.15, 0.2) is 0 Å². The highest BCUT2D eigenvalue weighted by Gasteiger charge is 2.60. The summed E-state index contributed by atoms with van der Waals surface area (Å²) in [5.41, 5.74) is 6.59. The number of fused-ring (bicyclic) bond motifs is 5. The van der Waals surface area contributed by atoms with E-state index in [1.807, 2.05) is 0 Å². The van der Waals surface area contributed by atoms with Crippen LogP contribution in [0.3, 0.4) is 0 Å². The molecule has 4 fully saturated rings. The lowest BCUT2D eigenvalue weighted by Gasteiger charge is -2.61. The van der Waals surface area contributed by atoms with E-state index in [0.29, 0.717) is 23.4 Å². The van der Waals surface area contributed by atoms with Crippen LogP contribution in [0.5, 0.6) is 0 Å². The van der Waals surface area contributed by atoms with Gasteiger partial charge in [-0.3, -0.25) is 0 Å². The Balaban J connectivity index is 0.00000400. The van der Waals surface area contributed by atoms with E-state index in [-0.39, 0.29) is 49.6 Å². The summed E-state index contributed by atoms with van der Waals surface area (Å²) in [5.74, 6) is 4.96. The van der Waals surface area contributed by atoms with Crippen molar-refractivity contribution in [1.29, 1.82) is 0 Å². The molecule has 4 aliphatic carbocycles. The van der Waals surface area contributed by atoms with Crippen LogP contribution < -0.4 is 71.3 Å². The minimum atomic E-state index is 0. The maximum atomic E-state index is 9.90. The molecule has 5 nitrogen and oxygen atoms in total. The largest absolute Gasteiger partial charge is 1.00 e. The van der Waals surface area contributed by atoms with Crippen LogP contribution in [-0.2, 0) is 0 Å². The van der Waals surface area contributed by atoms with Gasteiger partial charge in [0.25, 0.3) is 0 Å². The summed E-state index contributed by atoms with van der Waals surface area (Å²) in [7, 11) is 0. The highest BCUT2D eigenvalue weighted by molar-refractivity contribution is 5.10. The minimum Gasteiger partial charge on any atom is -1.00 e. The molecule has 248 valence electrons. The van der Waals surface area contributed by atoms with Crippen molar-refractivity contribution >= 4 is 0 Å². The van der Waals surface area contributed by atoms with E-state index < -0.39 is 0 Å². The van der Waals surface area contributed by atoms with Gasteiger partial charge in [-0.2, -0.15) is 0 Å². The number of aliphatic hydroxyl groups is 1. The smallest absolute Gasteiger partial charge is 0.0459 e. The zero-order chi connectivity index (χ0) is 26.3. The first-order valence-electron chi connectivity index (χ1n) is 16.4. The molecule has 4 saturated carbocycles. The van der Waals surface area contributed by atoms with Crippen molar-refractivity contribution in [2.45, 2.75) is 110 Å². The highest BCUT2D eigenvalue weighted by Crippen LogP contribution is 2.68. The monoisotopic (exact) mass is 658 g/mol. The lowest BCUT2D eigenvalue weighted by atomic mass is 9.44. The average Bonchev–Trinajstić information content (AvgIpc) is 3.26. The second-order valence-corrected chi connectivity index (χ2v) is 14.2. The zero-order valence-corrected chi connectivity index (χ0v) is 29.2. The van der Waals surface area contributed by atoms with Gasteiger partial charge in [0, 0.05) is 12.6 Å². The molecule has 0 aromatic heterocycles. The molecule has 41 heavy (non-hydrogen) atoms. The van der Waals surface area contributed by atoms with Crippen LogP contribution in [0, 0.1) is 46.3 Å². The number of hydrogen-bond donors (Lipinski definition) is 5. The van der Waals surface area contributed by atoms with E-state index in [1.54, 1.807) is 0 Å². The van der Waals surface area contributed by atoms with Crippen LogP contribution in [-0.4, -0.2) is 57.0 Å². The molecular formula is C32H62Cl4N4O-4. The molecule has 0 saturated heterocycles. The number of nitrogens with one attached hydrogen (secondary N) is 3. The Labute approximate surface area is 277 Å². The first-order chi connectivity index (χ1) is 17.9. The van der Waals surface area contributed by atoms with E-state index >= 15 is 0 Å². The van der Waals surface area contributed by atoms with E-state index in [1.165, 1.54) is 83.6 Å². The number of unbranched alkanes of at least 4 members (excludes halogenated alkanes) is 1. The summed E-state index contributed by atoms with van der Waals surface area (Å²) < 4.78 is 0. The third-order valence-corrected chi connectivity index (χ3v) is 12.2. The van der Waals surface area contributed by atoms with Gasteiger partial charge in [0.1, 0.15) is 0 Å². The second-order valence-electron chi connectivity index (χ2n) is 14.2. The summed E-state index contributed by atoms with van der Waals surface area (Å²) in [6, 6.07) is 0.740. The van der Waals surface area contributed by atoms with Gasteiger partial charge < -0.3 is 76.4 Å². The highest BCUT2D eigenvalue weighted by atomic mass is 35.5. The predicted octanol–water partition coefficient (Wildman–Crippen LogP) is -7.05. The normalized spacial score (nSPS) is 36.2. The molecule has 0 heterocycles. The van der Waals surface area contributed by atoms with Crippen molar-refractivity contribution in [3.63, 3.8) is 0 Å². The summed E-state index contributed by atoms with van der Waals surface area (Å²) in [6.07, 6.45) is 17.7. The van der Waals surface area contributed by atoms with Crippen molar-refractivity contribution in [2.75, 3.05) is 45.9 Å². The lowest BCUT2D eigenvalue weighted by molar-refractivity contribution is -0.118. The molecule has 4 unspecified atom stereocenters. The van der Waals surface area contributed by atoms with Crippen LogP contribution in [0.2, 0.25) is 0 Å². The Morgan fingerprint density at radius 2 is 1.34 bits per heavy atom. The fourth-order valence-electron chi connectivity index (χ4n) is 10.0. The molecule has 4 rings (SSSR count). The molecule has 0 aliphatic heterocycles. The Kier molecular flexibility index (Phi) is 20.6. The molecule has 9 heteroatoms. The number of halogens is 4. The molecular weight excluding hydrogens is 598 g/mol. The van der Waals surface area contributed by atoms with Gasteiger partial charge >= 0.3 is 0 Å². The average molecular weight is 661 g/mol. The van der Waals surface area contributed by atoms with Crippen LogP contribution in [0.1, 0.15) is 104 Å². The number of nitrogens with two attached hydrogens (primary N) is 1. The van der Waals surface area contributed by atoms with Crippen LogP contribution in [0.4, 0.5) is 0 Å². The number of aliphatic hydroxyl groups excluding tert-OH is 1. The minimum absolute atomic E-state index is 0. The maximum Gasteiger partial charge on any atom is 0.0459 e. The van der Waals surface area contributed by atoms with Crippen LogP contribution in [0.15, 0.2) is 0 Å².